The largest absolute Gasteiger partial charge is 0.460 e. The van der Waals surface area contributed by atoms with E-state index in [2.05, 4.69) is 10.0 Å². The Morgan fingerprint density at radius 1 is 1.00 bits per heavy atom. The summed E-state index contributed by atoms with van der Waals surface area (Å²) in [5.41, 5.74) is 1.91. The molecule has 1 unspecified atom stereocenters. The average Bonchev–Trinajstić information content (AvgIpc) is 2.80. The molecular formula is C26H29FN2O3S. The van der Waals surface area contributed by atoms with Crippen LogP contribution in [0.2, 0.25) is 0 Å². The Bertz CT molecular complexity index is 1160. The summed E-state index contributed by atoms with van der Waals surface area (Å²) in [5, 5.41) is 3.34. The van der Waals surface area contributed by atoms with Gasteiger partial charge in [0.1, 0.15) is 5.75 Å². The summed E-state index contributed by atoms with van der Waals surface area (Å²) < 4.78 is 49.0. The van der Waals surface area contributed by atoms with E-state index in [1.165, 1.54) is 0 Å². The fourth-order valence-electron chi connectivity index (χ4n) is 4.36. The molecule has 0 bridgehead atoms. The molecule has 0 aliphatic carbocycles. The first kappa shape index (κ1) is 23.3. The third-order valence-electron chi connectivity index (χ3n) is 6.18. The highest BCUT2D eigenvalue weighted by molar-refractivity contribution is 7.92. The Morgan fingerprint density at radius 3 is 2.39 bits per heavy atom. The van der Waals surface area contributed by atoms with Gasteiger partial charge >= 0.3 is 0 Å². The van der Waals surface area contributed by atoms with Crippen molar-refractivity contribution in [3.63, 3.8) is 0 Å². The van der Waals surface area contributed by atoms with Crippen molar-refractivity contribution in [1.82, 2.24) is 5.32 Å². The molecule has 0 amide bonds. The molecule has 1 aliphatic heterocycles. The third kappa shape index (κ3) is 5.72. The van der Waals surface area contributed by atoms with Crippen molar-refractivity contribution in [2.45, 2.75) is 42.9 Å². The number of piperidine rings is 1. The third-order valence-corrected chi connectivity index (χ3v) is 7.57. The van der Waals surface area contributed by atoms with Crippen LogP contribution in [0.15, 0.2) is 83.8 Å². The second-order valence-corrected chi connectivity index (χ2v) is 10.3. The molecule has 1 saturated heterocycles. The molecule has 3 aromatic carbocycles. The molecule has 1 atom stereocenters. The summed E-state index contributed by atoms with van der Waals surface area (Å²) in [6.07, 6.45) is 0.190. The predicted molar refractivity (Wildman–Crippen MR) is 129 cm³/mol. The molecule has 0 saturated carbocycles. The number of anilines is 1. The number of para-hydroxylation sites is 1. The van der Waals surface area contributed by atoms with Gasteiger partial charge in [0, 0.05) is 17.5 Å². The van der Waals surface area contributed by atoms with Gasteiger partial charge in [-0.3, -0.25) is 4.72 Å². The van der Waals surface area contributed by atoms with Crippen LogP contribution in [-0.4, -0.2) is 27.9 Å². The molecular weight excluding hydrogens is 439 g/mol. The van der Waals surface area contributed by atoms with Gasteiger partial charge in [-0.05, 0) is 74.8 Å². The molecule has 0 radical (unpaired) electrons. The number of hydrogen-bond donors (Lipinski definition) is 2. The predicted octanol–water partition coefficient (Wildman–Crippen LogP) is 5.18. The minimum Gasteiger partial charge on any atom is -0.460 e. The second kappa shape index (κ2) is 9.93. The summed E-state index contributed by atoms with van der Waals surface area (Å²) in [7, 11) is -3.72. The van der Waals surface area contributed by atoms with Crippen LogP contribution in [0.3, 0.4) is 0 Å². The number of sulfonamides is 1. The highest BCUT2D eigenvalue weighted by atomic mass is 32.2. The summed E-state index contributed by atoms with van der Waals surface area (Å²) in [5.74, 6) is 0.494. The lowest BCUT2D eigenvalue weighted by atomic mass is 9.70. The van der Waals surface area contributed by atoms with E-state index in [0.29, 0.717) is 11.4 Å². The van der Waals surface area contributed by atoms with Crippen molar-refractivity contribution in [1.29, 1.82) is 0 Å². The fraction of sp³-hybridized carbons (Fsp3) is 0.308. The molecule has 4 rings (SSSR count). The van der Waals surface area contributed by atoms with Crippen molar-refractivity contribution < 1.29 is 17.5 Å². The lowest BCUT2D eigenvalue weighted by molar-refractivity contribution is 0.0290. The van der Waals surface area contributed by atoms with E-state index in [9.17, 15) is 8.42 Å². The Labute approximate surface area is 195 Å². The summed E-state index contributed by atoms with van der Waals surface area (Å²) >= 11 is 0. The highest BCUT2D eigenvalue weighted by Gasteiger charge is 2.37. The van der Waals surface area contributed by atoms with Gasteiger partial charge in [0.05, 0.1) is 4.90 Å². The lowest BCUT2D eigenvalue weighted by Crippen LogP contribution is -2.42. The number of benzene rings is 3. The number of halogens is 1. The maximum absolute atomic E-state index is 15.1. The molecule has 0 aromatic heterocycles. The van der Waals surface area contributed by atoms with Gasteiger partial charge < -0.3 is 10.1 Å². The zero-order valence-electron chi connectivity index (χ0n) is 18.6. The molecule has 3 aromatic rings. The van der Waals surface area contributed by atoms with Crippen molar-refractivity contribution in [3.05, 3.63) is 90.0 Å². The van der Waals surface area contributed by atoms with Crippen molar-refractivity contribution in [3.8, 4) is 5.75 Å². The Kier molecular flexibility index (Phi) is 7.00. The normalized spacial score (nSPS) is 16.7. The quantitative estimate of drug-likeness (QED) is 0.478. The Balaban J connectivity index is 1.57. The van der Waals surface area contributed by atoms with Gasteiger partial charge in [0.15, 0.2) is 0 Å². The lowest BCUT2D eigenvalue weighted by Gasteiger charge is -2.39. The average molecular weight is 469 g/mol. The van der Waals surface area contributed by atoms with Crippen LogP contribution in [0.5, 0.6) is 5.75 Å². The molecule has 5 nitrogen and oxygen atoms in total. The number of alkyl halides is 1. The molecule has 174 valence electrons. The minimum absolute atomic E-state index is 0.192. The molecule has 1 heterocycles. The maximum Gasteiger partial charge on any atom is 0.261 e. The first-order valence-electron chi connectivity index (χ1n) is 11.1. The summed E-state index contributed by atoms with van der Waals surface area (Å²) in [6, 6.07) is 23.0. The highest BCUT2D eigenvalue weighted by Crippen LogP contribution is 2.40. The Morgan fingerprint density at radius 2 is 1.70 bits per heavy atom. The van der Waals surface area contributed by atoms with Crippen LogP contribution in [-0.2, 0) is 15.4 Å². The van der Waals surface area contributed by atoms with Gasteiger partial charge in [-0.15, -0.1) is 0 Å². The van der Waals surface area contributed by atoms with Gasteiger partial charge in [-0.25, -0.2) is 12.8 Å². The van der Waals surface area contributed by atoms with Crippen LogP contribution in [0.25, 0.3) is 0 Å². The minimum atomic E-state index is -3.72. The van der Waals surface area contributed by atoms with Gasteiger partial charge in [-0.1, -0.05) is 48.0 Å². The zero-order valence-corrected chi connectivity index (χ0v) is 19.4. The fourth-order valence-corrected chi connectivity index (χ4v) is 5.41. The molecule has 0 spiro atoms. The second-order valence-electron chi connectivity index (χ2n) is 8.57. The molecule has 1 aliphatic rings. The topological polar surface area (TPSA) is 67.4 Å². The zero-order chi connectivity index (χ0) is 23.3. The van der Waals surface area contributed by atoms with E-state index in [0.717, 1.165) is 37.1 Å². The van der Waals surface area contributed by atoms with Crippen LogP contribution >= 0.6 is 0 Å². The summed E-state index contributed by atoms with van der Waals surface area (Å²) in [6.45, 7) is 3.43. The van der Waals surface area contributed by atoms with Gasteiger partial charge in [-0.2, -0.15) is 0 Å². The molecule has 2 N–H and O–H groups in total. The Hall–Kier alpha value is -2.90. The van der Waals surface area contributed by atoms with Crippen LogP contribution in [0.1, 0.15) is 30.4 Å². The number of ether oxygens (including phenoxy) is 1. The standard InChI is InChI=1S/C26H29FN2O3S/c1-20-10-12-24(13-11-20)33(30,31)29-22-7-5-6-21(18-22)26(14-16-28-17-15-26)19-25(27)32-23-8-3-2-4-9-23/h2-13,18,25,28-29H,14-17,19H2,1H3. The number of hydrogen-bond acceptors (Lipinski definition) is 4. The molecule has 33 heavy (non-hydrogen) atoms. The van der Waals surface area contributed by atoms with Crippen molar-refractivity contribution in [2.24, 2.45) is 0 Å². The number of aryl methyl sites for hydroxylation is 1. The van der Waals surface area contributed by atoms with Crippen molar-refractivity contribution >= 4 is 15.7 Å². The van der Waals surface area contributed by atoms with Gasteiger partial charge in [0.2, 0.25) is 6.36 Å². The monoisotopic (exact) mass is 468 g/mol. The maximum atomic E-state index is 15.1. The van der Waals surface area contributed by atoms with E-state index >= 15 is 4.39 Å². The van der Waals surface area contributed by atoms with Gasteiger partial charge in [0.25, 0.3) is 10.0 Å². The van der Waals surface area contributed by atoms with Crippen LogP contribution in [0, 0.1) is 6.92 Å². The molecule has 1 fully saturated rings. The van der Waals surface area contributed by atoms with E-state index in [1.807, 2.05) is 43.3 Å². The number of rotatable bonds is 8. The van der Waals surface area contributed by atoms with Crippen molar-refractivity contribution in [2.75, 3.05) is 17.8 Å². The number of nitrogens with one attached hydrogen (secondary N) is 2. The first-order chi connectivity index (χ1) is 15.9. The van der Waals surface area contributed by atoms with E-state index in [4.69, 9.17) is 4.74 Å². The van der Waals surface area contributed by atoms with Crippen LogP contribution in [0.4, 0.5) is 10.1 Å². The summed E-state index contributed by atoms with van der Waals surface area (Å²) in [4.78, 5) is 0.204. The van der Waals surface area contributed by atoms with Crippen LogP contribution < -0.4 is 14.8 Å². The first-order valence-corrected chi connectivity index (χ1v) is 12.6. The van der Waals surface area contributed by atoms with E-state index in [-0.39, 0.29) is 11.3 Å². The molecule has 7 heteroatoms. The SMILES string of the molecule is Cc1ccc(S(=O)(=O)Nc2cccc(C3(CC(F)Oc4ccccc4)CCNCC3)c2)cc1. The smallest absolute Gasteiger partial charge is 0.261 e. The van der Waals surface area contributed by atoms with E-state index in [1.54, 1.807) is 42.5 Å². The van der Waals surface area contributed by atoms with E-state index < -0.39 is 21.8 Å².